The molecule has 0 aliphatic carbocycles. The van der Waals surface area contributed by atoms with Crippen LogP contribution in [0.3, 0.4) is 0 Å². The van der Waals surface area contributed by atoms with Crippen molar-refractivity contribution in [2.75, 3.05) is 11.9 Å². The number of aromatic nitrogens is 1. The predicted molar refractivity (Wildman–Crippen MR) is 96.7 cm³/mol. The standard InChI is InChI=1S/C17H12Cl2N2OS/c1-21(14-8-6-13(19)7-9-14)17(22)15-10-20-16(23-15)11-2-4-12(18)5-3-11/h2-10H,1H3. The second kappa shape index (κ2) is 6.71. The first-order chi connectivity index (χ1) is 11.0. The van der Waals surface area contributed by atoms with Crippen LogP contribution in [0.5, 0.6) is 0 Å². The summed E-state index contributed by atoms with van der Waals surface area (Å²) in [7, 11) is 1.73. The smallest absolute Gasteiger partial charge is 0.269 e. The summed E-state index contributed by atoms with van der Waals surface area (Å²) < 4.78 is 0. The Balaban J connectivity index is 1.83. The van der Waals surface area contributed by atoms with E-state index in [2.05, 4.69) is 4.98 Å². The molecule has 1 aromatic heterocycles. The van der Waals surface area contributed by atoms with Crippen LogP contribution in [0.2, 0.25) is 10.0 Å². The van der Waals surface area contributed by atoms with Crippen LogP contribution in [0.15, 0.2) is 54.7 Å². The van der Waals surface area contributed by atoms with Crippen molar-refractivity contribution in [3.05, 3.63) is 69.7 Å². The molecule has 0 saturated heterocycles. The highest BCUT2D eigenvalue weighted by Crippen LogP contribution is 2.28. The fraction of sp³-hybridized carbons (Fsp3) is 0.0588. The number of carbonyl (C=O) groups is 1. The number of anilines is 1. The molecule has 6 heteroatoms. The molecule has 0 bridgehead atoms. The summed E-state index contributed by atoms with van der Waals surface area (Å²) in [6, 6.07) is 14.5. The molecule has 0 spiro atoms. The van der Waals surface area contributed by atoms with Gasteiger partial charge in [0.25, 0.3) is 5.91 Å². The SMILES string of the molecule is CN(C(=O)c1cnc(-c2ccc(Cl)cc2)s1)c1ccc(Cl)cc1. The maximum absolute atomic E-state index is 12.6. The van der Waals surface area contributed by atoms with Crippen molar-refractivity contribution in [1.82, 2.24) is 4.98 Å². The van der Waals surface area contributed by atoms with Crippen LogP contribution >= 0.6 is 34.5 Å². The zero-order valence-electron chi connectivity index (χ0n) is 12.2. The summed E-state index contributed by atoms with van der Waals surface area (Å²) in [5.41, 5.74) is 1.72. The Kier molecular flexibility index (Phi) is 4.66. The topological polar surface area (TPSA) is 33.2 Å². The number of nitrogens with zero attached hydrogens (tertiary/aromatic N) is 2. The molecule has 0 aliphatic rings. The van der Waals surface area contributed by atoms with Gasteiger partial charge in [0.2, 0.25) is 0 Å². The Morgan fingerprint density at radius 1 is 1.00 bits per heavy atom. The zero-order chi connectivity index (χ0) is 16.4. The monoisotopic (exact) mass is 362 g/mol. The summed E-state index contributed by atoms with van der Waals surface area (Å²) in [6.07, 6.45) is 1.60. The van der Waals surface area contributed by atoms with E-state index in [9.17, 15) is 4.79 Å². The van der Waals surface area contributed by atoms with Gasteiger partial charge in [0.1, 0.15) is 9.88 Å². The second-order valence-corrected chi connectivity index (χ2v) is 6.78. The molecule has 3 rings (SSSR count). The Morgan fingerprint density at radius 2 is 1.57 bits per heavy atom. The first-order valence-electron chi connectivity index (χ1n) is 6.80. The Hall–Kier alpha value is -1.88. The van der Waals surface area contributed by atoms with Crippen molar-refractivity contribution in [2.45, 2.75) is 0 Å². The lowest BCUT2D eigenvalue weighted by Crippen LogP contribution is -2.25. The molecule has 3 aromatic rings. The second-order valence-electron chi connectivity index (χ2n) is 4.88. The van der Waals surface area contributed by atoms with Gasteiger partial charge in [-0.05, 0) is 36.4 Å². The minimum atomic E-state index is -0.106. The summed E-state index contributed by atoms with van der Waals surface area (Å²) in [5.74, 6) is -0.106. The minimum Gasteiger partial charge on any atom is -0.311 e. The molecule has 0 aliphatic heterocycles. The van der Waals surface area contributed by atoms with Gasteiger partial charge in [-0.2, -0.15) is 0 Å². The van der Waals surface area contributed by atoms with E-state index >= 15 is 0 Å². The molecule has 116 valence electrons. The number of benzene rings is 2. The van der Waals surface area contributed by atoms with Crippen molar-refractivity contribution in [3.63, 3.8) is 0 Å². The number of hydrogen-bond donors (Lipinski definition) is 0. The van der Waals surface area contributed by atoms with Crippen LogP contribution in [0.25, 0.3) is 10.6 Å². The molecule has 3 nitrogen and oxygen atoms in total. The zero-order valence-corrected chi connectivity index (χ0v) is 14.5. The number of carbonyl (C=O) groups excluding carboxylic acids is 1. The van der Waals surface area contributed by atoms with Crippen LogP contribution in [0.4, 0.5) is 5.69 Å². The predicted octanol–water partition coefficient (Wildman–Crippen LogP) is 5.39. The average molecular weight is 363 g/mol. The third-order valence-electron chi connectivity index (χ3n) is 3.33. The minimum absolute atomic E-state index is 0.106. The van der Waals surface area contributed by atoms with Gasteiger partial charge in [0, 0.05) is 28.3 Å². The summed E-state index contributed by atoms with van der Waals surface area (Å²) >= 11 is 13.1. The molecule has 23 heavy (non-hydrogen) atoms. The van der Waals surface area contributed by atoms with E-state index in [1.807, 2.05) is 12.1 Å². The number of amides is 1. The molecule has 0 atom stereocenters. The van der Waals surface area contributed by atoms with Crippen molar-refractivity contribution >= 4 is 46.1 Å². The lowest BCUT2D eigenvalue weighted by atomic mass is 10.2. The third-order valence-corrected chi connectivity index (χ3v) is 4.86. The molecular formula is C17H12Cl2N2OS. The highest BCUT2D eigenvalue weighted by molar-refractivity contribution is 7.17. The van der Waals surface area contributed by atoms with E-state index in [4.69, 9.17) is 23.2 Å². The van der Waals surface area contributed by atoms with E-state index in [0.717, 1.165) is 16.3 Å². The van der Waals surface area contributed by atoms with E-state index in [0.29, 0.717) is 14.9 Å². The molecule has 0 N–H and O–H groups in total. The molecular weight excluding hydrogens is 351 g/mol. The van der Waals surface area contributed by atoms with Crippen molar-refractivity contribution in [3.8, 4) is 10.6 Å². The Bertz CT molecular complexity index is 829. The molecule has 0 unspecified atom stereocenters. The lowest BCUT2D eigenvalue weighted by Gasteiger charge is -2.16. The number of halogens is 2. The largest absolute Gasteiger partial charge is 0.311 e. The third kappa shape index (κ3) is 3.55. The molecule has 2 aromatic carbocycles. The van der Waals surface area contributed by atoms with Gasteiger partial charge in [-0.1, -0.05) is 35.3 Å². The maximum Gasteiger partial charge on any atom is 0.269 e. The first kappa shape index (κ1) is 16.0. The molecule has 0 saturated carbocycles. The quantitative estimate of drug-likeness (QED) is 0.625. The van der Waals surface area contributed by atoms with Gasteiger partial charge in [-0.15, -0.1) is 11.3 Å². The van der Waals surface area contributed by atoms with Crippen molar-refractivity contribution in [2.24, 2.45) is 0 Å². The molecule has 1 heterocycles. The highest BCUT2D eigenvalue weighted by Gasteiger charge is 2.17. The van der Waals surface area contributed by atoms with Crippen LogP contribution in [-0.2, 0) is 0 Å². The first-order valence-corrected chi connectivity index (χ1v) is 8.37. The lowest BCUT2D eigenvalue weighted by molar-refractivity contribution is 0.0996. The molecule has 1 amide bonds. The van der Waals surface area contributed by atoms with E-state index in [-0.39, 0.29) is 5.91 Å². The van der Waals surface area contributed by atoms with Crippen LogP contribution < -0.4 is 4.90 Å². The summed E-state index contributed by atoms with van der Waals surface area (Å²) in [5, 5.41) is 2.09. The van der Waals surface area contributed by atoms with Crippen molar-refractivity contribution < 1.29 is 4.79 Å². The fourth-order valence-electron chi connectivity index (χ4n) is 2.05. The van der Waals surface area contributed by atoms with Gasteiger partial charge in [0.15, 0.2) is 0 Å². The molecule has 0 fully saturated rings. The summed E-state index contributed by atoms with van der Waals surface area (Å²) in [6.45, 7) is 0. The van der Waals surface area contributed by atoms with Gasteiger partial charge in [-0.3, -0.25) is 4.79 Å². The van der Waals surface area contributed by atoms with E-state index < -0.39 is 0 Å². The van der Waals surface area contributed by atoms with E-state index in [1.54, 1.807) is 54.5 Å². The maximum atomic E-state index is 12.6. The van der Waals surface area contributed by atoms with Crippen LogP contribution in [0, 0.1) is 0 Å². The summed E-state index contributed by atoms with van der Waals surface area (Å²) in [4.78, 5) is 19.1. The van der Waals surface area contributed by atoms with Crippen LogP contribution in [-0.4, -0.2) is 17.9 Å². The number of hydrogen-bond acceptors (Lipinski definition) is 3. The number of rotatable bonds is 3. The molecule has 0 radical (unpaired) electrons. The normalized spacial score (nSPS) is 10.6. The van der Waals surface area contributed by atoms with Gasteiger partial charge in [-0.25, -0.2) is 4.98 Å². The fourth-order valence-corrected chi connectivity index (χ4v) is 3.20. The van der Waals surface area contributed by atoms with Crippen LogP contribution in [0.1, 0.15) is 9.67 Å². The van der Waals surface area contributed by atoms with Gasteiger partial charge in [0.05, 0.1) is 6.20 Å². The Morgan fingerprint density at radius 3 is 2.17 bits per heavy atom. The van der Waals surface area contributed by atoms with E-state index in [1.165, 1.54) is 11.3 Å². The van der Waals surface area contributed by atoms with Crippen molar-refractivity contribution in [1.29, 1.82) is 0 Å². The van der Waals surface area contributed by atoms with Gasteiger partial charge >= 0.3 is 0 Å². The Labute approximate surface area is 148 Å². The highest BCUT2D eigenvalue weighted by atomic mass is 35.5. The van der Waals surface area contributed by atoms with Gasteiger partial charge < -0.3 is 4.90 Å². The number of thiazole rings is 1. The average Bonchev–Trinajstić information content (AvgIpc) is 3.05.